The second kappa shape index (κ2) is 6.73. The van der Waals surface area contributed by atoms with Gasteiger partial charge in [0.05, 0.1) is 0 Å². The normalized spacial score (nSPS) is 22.4. The van der Waals surface area contributed by atoms with Crippen LogP contribution in [0, 0.1) is 0 Å². The highest BCUT2D eigenvalue weighted by Gasteiger charge is 2.26. The predicted molar refractivity (Wildman–Crippen MR) is 82.5 cm³/mol. The average Bonchev–Trinajstić information content (AvgIpc) is 2.44. The van der Waals surface area contributed by atoms with Crippen LogP contribution in [0.25, 0.3) is 0 Å². The summed E-state index contributed by atoms with van der Waals surface area (Å²) in [5.41, 5.74) is 1.04. The molecule has 1 aromatic carbocycles. The van der Waals surface area contributed by atoms with E-state index in [-0.39, 0.29) is 0 Å². The number of phenolic OH excluding ortho intramolecular Hbond substituents is 1. The second-order valence-electron chi connectivity index (χ2n) is 5.25. The molecule has 0 aliphatic carbocycles. The monoisotopic (exact) mass is 326 g/mol. The fraction of sp³-hybridized carbons (Fsp3) is 0.600. The Balaban J connectivity index is 2.21. The lowest BCUT2D eigenvalue weighted by molar-refractivity contribution is 0.134. The van der Waals surface area contributed by atoms with Gasteiger partial charge in [0.1, 0.15) is 5.75 Å². The van der Waals surface area contributed by atoms with Crippen molar-refractivity contribution in [1.29, 1.82) is 0 Å². The highest BCUT2D eigenvalue weighted by molar-refractivity contribution is 9.10. The van der Waals surface area contributed by atoms with Gasteiger partial charge in [-0.1, -0.05) is 22.9 Å². The molecule has 0 amide bonds. The molecule has 0 saturated carbocycles. The van der Waals surface area contributed by atoms with Crippen LogP contribution in [0.4, 0.5) is 0 Å². The van der Waals surface area contributed by atoms with Crippen LogP contribution in [0.5, 0.6) is 5.75 Å². The lowest BCUT2D eigenvalue weighted by Gasteiger charge is -2.38. The molecule has 3 nitrogen and oxygen atoms in total. The maximum atomic E-state index is 10.1. The zero-order valence-electron chi connectivity index (χ0n) is 11.7. The van der Waals surface area contributed by atoms with Crippen LogP contribution in [0.15, 0.2) is 22.7 Å². The molecule has 0 aromatic heterocycles. The summed E-state index contributed by atoms with van der Waals surface area (Å²) in [5.74, 6) is 0.404. The summed E-state index contributed by atoms with van der Waals surface area (Å²) in [4.78, 5) is 2.49. The summed E-state index contributed by atoms with van der Waals surface area (Å²) in [6, 6.07) is 6.58. The Hall–Kier alpha value is -0.580. The van der Waals surface area contributed by atoms with Gasteiger partial charge in [0.15, 0.2) is 0 Å². The van der Waals surface area contributed by atoms with E-state index >= 15 is 0 Å². The molecule has 1 aliphatic rings. The van der Waals surface area contributed by atoms with Crippen molar-refractivity contribution in [3.63, 3.8) is 0 Å². The smallest absolute Gasteiger partial charge is 0.120 e. The fourth-order valence-electron chi connectivity index (χ4n) is 2.99. The molecule has 1 fully saturated rings. The topological polar surface area (TPSA) is 35.5 Å². The minimum absolute atomic E-state index is 0.300. The molecule has 106 valence electrons. The Morgan fingerprint density at radius 3 is 3.00 bits per heavy atom. The fourth-order valence-corrected chi connectivity index (χ4v) is 3.37. The van der Waals surface area contributed by atoms with Crippen LogP contribution in [-0.2, 0) is 0 Å². The molecule has 4 heteroatoms. The third kappa shape index (κ3) is 3.50. The molecule has 2 rings (SSSR count). The quantitative estimate of drug-likeness (QED) is 0.891. The molecule has 2 N–H and O–H groups in total. The van der Waals surface area contributed by atoms with Crippen LogP contribution in [0.1, 0.15) is 37.8 Å². The molecule has 2 unspecified atom stereocenters. The van der Waals surface area contributed by atoms with Gasteiger partial charge in [0.2, 0.25) is 0 Å². The molecule has 0 spiro atoms. The highest BCUT2D eigenvalue weighted by Crippen LogP contribution is 2.34. The van der Waals surface area contributed by atoms with E-state index in [0.29, 0.717) is 17.8 Å². The first-order valence-electron chi connectivity index (χ1n) is 7.05. The number of benzene rings is 1. The molecule has 19 heavy (non-hydrogen) atoms. The predicted octanol–water partition coefficient (Wildman–Crippen LogP) is 3.29. The molecule has 1 aliphatic heterocycles. The maximum Gasteiger partial charge on any atom is 0.120 e. The number of nitrogens with one attached hydrogen (secondary N) is 1. The molecular formula is C15H23BrN2O. The van der Waals surface area contributed by atoms with E-state index in [2.05, 4.69) is 33.1 Å². The Labute approximate surface area is 124 Å². The van der Waals surface area contributed by atoms with Gasteiger partial charge < -0.3 is 10.4 Å². The van der Waals surface area contributed by atoms with Crippen molar-refractivity contribution in [1.82, 2.24) is 10.2 Å². The summed E-state index contributed by atoms with van der Waals surface area (Å²) in [6.07, 6.45) is 3.48. The zero-order chi connectivity index (χ0) is 13.8. The highest BCUT2D eigenvalue weighted by atomic mass is 79.9. The van der Waals surface area contributed by atoms with Crippen molar-refractivity contribution in [2.45, 2.75) is 38.3 Å². The molecule has 1 saturated heterocycles. The number of halogens is 1. The van der Waals surface area contributed by atoms with E-state index in [1.165, 1.54) is 12.8 Å². The van der Waals surface area contributed by atoms with Crippen LogP contribution >= 0.6 is 15.9 Å². The van der Waals surface area contributed by atoms with Gasteiger partial charge in [0, 0.05) is 28.7 Å². The number of phenols is 1. The van der Waals surface area contributed by atoms with Crippen LogP contribution in [0.2, 0.25) is 0 Å². The van der Waals surface area contributed by atoms with Crippen molar-refractivity contribution in [3.8, 4) is 5.75 Å². The number of piperidine rings is 1. The minimum atomic E-state index is 0.300. The molecular weight excluding hydrogens is 304 g/mol. The van der Waals surface area contributed by atoms with Crippen molar-refractivity contribution in [2.75, 3.05) is 20.1 Å². The van der Waals surface area contributed by atoms with E-state index in [1.54, 1.807) is 6.07 Å². The minimum Gasteiger partial charge on any atom is -0.508 e. The van der Waals surface area contributed by atoms with E-state index < -0.39 is 0 Å². The van der Waals surface area contributed by atoms with Gasteiger partial charge in [-0.25, -0.2) is 0 Å². The first kappa shape index (κ1) is 14.8. The van der Waals surface area contributed by atoms with Gasteiger partial charge in [-0.3, -0.25) is 4.90 Å². The number of rotatable bonds is 4. The number of hydrogen-bond acceptors (Lipinski definition) is 3. The Morgan fingerprint density at radius 1 is 1.53 bits per heavy atom. The average molecular weight is 327 g/mol. The third-order valence-corrected chi connectivity index (χ3v) is 4.53. The standard InChI is InChI=1S/C15H23BrN2O/c1-3-14(13-9-11(16)6-7-15(13)19)18-8-4-5-12(10-18)17-2/h6-7,9,12,14,17,19H,3-5,8,10H2,1-2H3. The van der Waals surface area contributed by atoms with Crippen LogP contribution in [-0.4, -0.2) is 36.2 Å². The maximum absolute atomic E-state index is 10.1. The number of likely N-dealkylation sites (tertiary alicyclic amines) is 1. The number of nitrogens with zero attached hydrogens (tertiary/aromatic N) is 1. The van der Waals surface area contributed by atoms with Gasteiger partial charge in [-0.15, -0.1) is 0 Å². The van der Waals surface area contributed by atoms with E-state index in [9.17, 15) is 5.11 Å². The SMILES string of the molecule is CCC(c1cc(Br)ccc1O)N1CCCC(NC)C1. The van der Waals surface area contributed by atoms with Crippen molar-refractivity contribution in [2.24, 2.45) is 0 Å². The van der Waals surface area contributed by atoms with Crippen LogP contribution in [0.3, 0.4) is 0 Å². The Bertz CT molecular complexity index is 425. The van der Waals surface area contributed by atoms with Gasteiger partial charge in [-0.2, -0.15) is 0 Å². The summed E-state index contributed by atoms with van der Waals surface area (Å²) in [5, 5.41) is 13.5. The van der Waals surface area contributed by atoms with Crippen molar-refractivity contribution < 1.29 is 5.11 Å². The zero-order valence-corrected chi connectivity index (χ0v) is 13.3. The summed E-state index contributed by atoms with van der Waals surface area (Å²) >= 11 is 3.50. The molecule has 0 bridgehead atoms. The van der Waals surface area contributed by atoms with Gasteiger partial charge in [-0.05, 0) is 51.1 Å². The van der Waals surface area contributed by atoms with E-state index in [1.807, 2.05) is 19.2 Å². The number of aromatic hydroxyl groups is 1. The van der Waals surface area contributed by atoms with E-state index in [4.69, 9.17) is 0 Å². The van der Waals surface area contributed by atoms with Crippen molar-refractivity contribution >= 4 is 15.9 Å². The van der Waals surface area contributed by atoms with Crippen molar-refractivity contribution in [3.05, 3.63) is 28.2 Å². The summed E-state index contributed by atoms with van der Waals surface area (Å²) in [6.45, 7) is 4.36. The Kier molecular flexibility index (Phi) is 5.25. The lowest BCUT2D eigenvalue weighted by atomic mass is 9.97. The van der Waals surface area contributed by atoms with Gasteiger partial charge in [0.25, 0.3) is 0 Å². The first-order valence-corrected chi connectivity index (χ1v) is 7.84. The molecule has 1 heterocycles. The molecule has 2 atom stereocenters. The third-order valence-electron chi connectivity index (χ3n) is 4.04. The van der Waals surface area contributed by atoms with E-state index in [0.717, 1.165) is 29.5 Å². The summed E-state index contributed by atoms with van der Waals surface area (Å²) in [7, 11) is 2.03. The van der Waals surface area contributed by atoms with Crippen LogP contribution < -0.4 is 5.32 Å². The summed E-state index contributed by atoms with van der Waals surface area (Å²) < 4.78 is 1.03. The number of likely N-dealkylation sites (N-methyl/N-ethyl adjacent to an activating group) is 1. The number of hydrogen-bond donors (Lipinski definition) is 2. The second-order valence-corrected chi connectivity index (χ2v) is 6.17. The Morgan fingerprint density at radius 2 is 2.32 bits per heavy atom. The molecule has 1 aromatic rings. The largest absolute Gasteiger partial charge is 0.508 e. The lowest BCUT2D eigenvalue weighted by Crippen LogP contribution is -2.45. The molecule has 0 radical (unpaired) electrons. The first-order chi connectivity index (χ1) is 9.15. The van der Waals surface area contributed by atoms with Gasteiger partial charge >= 0.3 is 0 Å².